The van der Waals surface area contributed by atoms with E-state index in [1.54, 1.807) is 11.3 Å². The summed E-state index contributed by atoms with van der Waals surface area (Å²) in [6.45, 7) is 0.986. The molecule has 0 aliphatic carbocycles. The lowest BCUT2D eigenvalue weighted by atomic mass is 10.0. The van der Waals surface area contributed by atoms with Crippen molar-refractivity contribution in [2.75, 3.05) is 13.2 Å². The van der Waals surface area contributed by atoms with Crippen LogP contribution in [-0.2, 0) is 4.79 Å². The monoisotopic (exact) mass is 380 g/mol. The van der Waals surface area contributed by atoms with E-state index in [-0.39, 0.29) is 18.6 Å². The zero-order valence-electron chi connectivity index (χ0n) is 14.8. The quantitative estimate of drug-likeness (QED) is 0.669. The zero-order chi connectivity index (χ0) is 18.2. The molecule has 0 saturated carbocycles. The van der Waals surface area contributed by atoms with Crippen LogP contribution in [0.1, 0.15) is 30.3 Å². The molecule has 0 radical (unpaired) electrons. The Morgan fingerprint density at radius 1 is 1.07 bits per heavy atom. The number of benzene rings is 2. The fourth-order valence-corrected chi connectivity index (χ4v) is 4.93. The first kappa shape index (κ1) is 16.6. The summed E-state index contributed by atoms with van der Waals surface area (Å²) in [4.78, 5) is 20.0. The van der Waals surface area contributed by atoms with E-state index < -0.39 is 6.10 Å². The van der Waals surface area contributed by atoms with Crippen LogP contribution in [0.2, 0.25) is 0 Å². The van der Waals surface area contributed by atoms with Crippen molar-refractivity contribution in [3.05, 3.63) is 53.5 Å². The molecule has 2 aromatic carbocycles. The number of hydrogen-bond donors (Lipinski definition) is 0. The minimum atomic E-state index is -0.602. The third-order valence-electron chi connectivity index (χ3n) is 5.17. The van der Waals surface area contributed by atoms with Crippen molar-refractivity contribution in [3.63, 3.8) is 0 Å². The highest BCUT2D eigenvalue weighted by molar-refractivity contribution is 7.18. The molecule has 0 spiro atoms. The summed E-state index contributed by atoms with van der Waals surface area (Å²) in [5.41, 5.74) is 1.00. The highest BCUT2D eigenvalue weighted by Gasteiger charge is 2.37. The molecule has 27 heavy (non-hydrogen) atoms. The molecule has 138 valence electrons. The SMILES string of the molecule is O=C([C@H]1COc2ccccc2O1)N1CCCC[C@H]1c1nc2ccccc2s1. The highest BCUT2D eigenvalue weighted by Crippen LogP contribution is 2.37. The number of likely N-dealkylation sites (tertiary alicyclic amines) is 1. The number of hydrogen-bond acceptors (Lipinski definition) is 5. The summed E-state index contributed by atoms with van der Waals surface area (Å²) < 4.78 is 12.9. The van der Waals surface area contributed by atoms with Gasteiger partial charge in [0.15, 0.2) is 11.5 Å². The van der Waals surface area contributed by atoms with Crippen LogP contribution in [0.4, 0.5) is 0 Å². The molecule has 6 heteroatoms. The molecule has 5 nitrogen and oxygen atoms in total. The normalized spacial score (nSPS) is 22.0. The van der Waals surface area contributed by atoms with Crippen molar-refractivity contribution in [1.82, 2.24) is 9.88 Å². The Kier molecular flexibility index (Phi) is 4.20. The number of carbonyl (C=O) groups excluding carboxylic acids is 1. The average Bonchev–Trinajstić information content (AvgIpc) is 3.17. The van der Waals surface area contributed by atoms with Gasteiger partial charge in [-0.1, -0.05) is 24.3 Å². The van der Waals surface area contributed by atoms with Crippen LogP contribution in [0.15, 0.2) is 48.5 Å². The molecule has 1 aromatic heterocycles. The van der Waals surface area contributed by atoms with Crippen LogP contribution in [0.5, 0.6) is 11.5 Å². The van der Waals surface area contributed by atoms with E-state index in [9.17, 15) is 4.79 Å². The van der Waals surface area contributed by atoms with Crippen LogP contribution in [0.3, 0.4) is 0 Å². The predicted octanol–water partition coefficient (Wildman–Crippen LogP) is 4.19. The summed E-state index contributed by atoms with van der Waals surface area (Å²) in [7, 11) is 0. The molecule has 0 N–H and O–H groups in total. The van der Waals surface area contributed by atoms with Crippen LogP contribution < -0.4 is 9.47 Å². The smallest absolute Gasteiger partial charge is 0.267 e. The zero-order valence-corrected chi connectivity index (χ0v) is 15.7. The van der Waals surface area contributed by atoms with Gasteiger partial charge >= 0.3 is 0 Å². The number of rotatable bonds is 2. The number of fused-ring (bicyclic) bond motifs is 2. The number of carbonyl (C=O) groups is 1. The molecule has 5 rings (SSSR count). The van der Waals surface area contributed by atoms with E-state index in [0.29, 0.717) is 11.5 Å². The van der Waals surface area contributed by atoms with Crippen molar-refractivity contribution in [2.24, 2.45) is 0 Å². The number of amides is 1. The molecular weight excluding hydrogens is 360 g/mol. The van der Waals surface area contributed by atoms with Gasteiger partial charge in [-0.15, -0.1) is 11.3 Å². The molecule has 2 atom stereocenters. The van der Waals surface area contributed by atoms with Crippen molar-refractivity contribution in [3.8, 4) is 11.5 Å². The van der Waals surface area contributed by atoms with Gasteiger partial charge in [-0.3, -0.25) is 4.79 Å². The van der Waals surface area contributed by atoms with Crippen molar-refractivity contribution in [2.45, 2.75) is 31.4 Å². The van der Waals surface area contributed by atoms with E-state index in [2.05, 4.69) is 6.07 Å². The lowest BCUT2D eigenvalue weighted by Gasteiger charge is -2.37. The number of ether oxygens (including phenoxy) is 2. The lowest BCUT2D eigenvalue weighted by molar-refractivity contribution is -0.145. The molecule has 3 aromatic rings. The minimum absolute atomic E-state index is 0.00606. The maximum Gasteiger partial charge on any atom is 0.267 e. The van der Waals surface area contributed by atoms with Gasteiger partial charge in [0.05, 0.1) is 16.3 Å². The Hall–Kier alpha value is -2.60. The molecule has 2 aliphatic heterocycles. The molecule has 0 unspecified atom stereocenters. The Balaban J connectivity index is 1.41. The van der Waals surface area contributed by atoms with E-state index in [1.165, 1.54) is 0 Å². The van der Waals surface area contributed by atoms with Gasteiger partial charge in [-0.2, -0.15) is 0 Å². The van der Waals surface area contributed by atoms with Gasteiger partial charge in [-0.05, 0) is 43.5 Å². The maximum atomic E-state index is 13.3. The van der Waals surface area contributed by atoms with Crippen molar-refractivity contribution >= 4 is 27.5 Å². The van der Waals surface area contributed by atoms with Crippen LogP contribution in [0, 0.1) is 0 Å². The second-order valence-corrected chi connectivity index (χ2v) is 7.99. The third-order valence-corrected chi connectivity index (χ3v) is 6.30. The van der Waals surface area contributed by atoms with Gasteiger partial charge in [0, 0.05) is 6.54 Å². The largest absolute Gasteiger partial charge is 0.485 e. The summed E-state index contributed by atoms with van der Waals surface area (Å²) in [6.07, 6.45) is 2.46. The van der Waals surface area contributed by atoms with Crippen LogP contribution >= 0.6 is 11.3 Å². The Labute approximate surface area is 161 Å². The van der Waals surface area contributed by atoms with Gasteiger partial charge < -0.3 is 14.4 Å². The summed E-state index contributed by atoms with van der Waals surface area (Å²) in [5.74, 6) is 1.33. The first-order valence-electron chi connectivity index (χ1n) is 9.34. The third kappa shape index (κ3) is 3.04. The van der Waals surface area contributed by atoms with E-state index in [0.717, 1.165) is 41.0 Å². The standard InChI is InChI=1S/C21H20N2O3S/c24-21(18-13-25-16-9-2-3-10-17(16)26-18)23-12-6-5-8-15(23)20-22-14-7-1-4-11-19(14)27-20/h1-4,7,9-11,15,18H,5-6,8,12-13H2/t15-,18+/m0/s1. The fraction of sp³-hybridized carbons (Fsp3) is 0.333. The summed E-state index contributed by atoms with van der Waals surface area (Å²) >= 11 is 1.68. The summed E-state index contributed by atoms with van der Waals surface area (Å²) in [5, 5.41) is 1.02. The number of aromatic nitrogens is 1. The van der Waals surface area contributed by atoms with Gasteiger partial charge in [0.1, 0.15) is 11.6 Å². The second kappa shape index (κ2) is 6.85. The molecular formula is C21H20N2O3S. The Morgan fingerprint density at radius 2 is 1.89 bits per heavy atom. The average molecular weight is 380 g/mol. The lowest BCUT2D eigenvalue weighted by Crippen LogP contribution is -2.49. The van der Waals surface area contributed by atoms with Gasteiger partial charge in [0.25, 0.3) is 5.91 Å². The van der Waals surface area contributed by atoms with Gasteiger partial charge in [-0.25, -0.2) is 4.98 Å². The predicted molar refractivity (Wildman–Crippen MR) is 104 cm³/mol. The molecule has 1 saturated heterocycles. The van der Waals surface area contributed by atoms with Crippen LogP contribution in [0.25, 0.3) is 10.2 Å². The molecule has 3 heterocycles. The topological polar surface area (TPSA) is 51.7 Å². The van der Waals surface area contributed by atoms with Crippen molar-refractivity contribution < 1.29 is 14.3 Å². The Bertz CT molecular complexity index is 953. The van der Waals surface area contributed by atoms with E-state index in [1.807, 2.05) is 47.4 Å². The number of nitrogens with zero attached hydrogens (tertiary/aromatic N) is 2. The van der Waals surface area contributed by atoms with Gasteiger partial charge in [0.2, 0.25) is 6.10 Å². The fourth-order valence-electron chi connectivity index (χ4n) is 3.81. The first-order valence-corrected chi connectivity index (χ1v) is 10.2. The Morgan fingerprint density at radius 3 is 2.78 bits per heavy atom. The maximum absolute atomic E-state index is 13.3. The summed E-state index contributed by atoms with van der Waals surface area (Å²) in [6, 6.07) is 15.7. The highest BCUT2D eigenvalue weighted by atomic mass is 32.1. The molecule has 1 amide bonds. The molecule has 2 aliphatic rings. The van der Waals surface area contributed by atoms with E-state index in [4.69, 9.17) is 14.5 Å². The molecule has 1 fully saturated rings. The van der Waals surface area contributed by atoms with Crippen LogP contribution in [-0.4, -0.2) is 35.0 Å². The number of para-hydroxylation sites is 3. The number of thiazole rings is 1. The van der Waals surface area contributed by atoms with E-state index >= 15 is 0 Å². The minimum Gasteiger partial charge on any atom is -0.485 e. The number of piperidine rings is 1. The first-order chi connectivity index (χ1) is 13.3. The second-order valence-electron chi connectivity index (χ2n) is 6.93. The van der Waals surface area contributed by atoms with Crippen molar-refractivity contribution in [1.29, 1.82) is 0 Å². The molecule has 0 bridgehead atoms.